The smallest absolute Gasteiger partial charge is 0.149 e. The van der Waals surface area contributed by atoms with Crippen LogP contribution in [0, 0.1) is 11.7 Å². The quantitative estimate of drug-likeness (QED) is 0.933. The average molecular weight is 282 g/mol. The molecule has 102 valence electrons. The van der Waals surface area contributed by atoms with Crippen molar-refractivity contribution in [3.05, 3.63) is 34.7 Å². The van der Waals surface area contributed by atoms with Crippen LogP contribution in [0.25, 0.3) is 11.1 Å². The Labute approximate surface area is 117 Å². The van der Waals surface area contributed by atoms with E-state index in [4.69, 9.17) is 17.3 Å². The Morgan fingerprint density at radius 3 is 2.74 bits per heavy atom. The van der Waals surface area contributed by atoms with Crippen molar-refractivity contribution in [1.82, 2.24) is 9.78 Å². The first-order chi connectivity index (χ1) is 8.91. The molecule has 5 heteroatoms. The second-order valence-corrected chi connectivity index (χ2v) is 5.44. The maximum Gasteiger partial charge on any atom is 0.149 e. The Bertz CT molecular complexity index is 605. The van der Waals surface area contributed by atoms with Crippen LogP contribution in [0.5, 0.6) is 0 Å². The third kappa shape index (κ3) is 2.59. The first-order valence-electron chi connectivity index (χ1n) is 6.17. The second kappa shape index (κ2) is 5.21. The minimum atomic E-state index is -0.450. The molecule has 1 heterocycles. The predicted molar refractivity (Wildman–Crippen MR) is 76.6 cm³/mol. The summed E-state index contributed by atoms with van der Waals surface area (Å²) in [6, 6.07) is 4.92. The van der Waals surface area contributed by atoms with Crippen LogP contribution in [0.2, 0.25) is 5.02 Å². The molecule has 0 radical (unpaired) electrons. The Morgan fingerprint density at radius 1 is 1.42 bits per heavy atom. The molecule has 2 rings (SSSR count). The van der Waals surface area contributed by atoms with E-state index in [0.29, 0.717) is 22.9 Å². The molecule has 1 aromatic heterocycles. The molecule has 2 aromatic rings. The monoisotopic (exact) mass is 281 g/mol. The van der Waals surface area contributed by atoms with E-state index in [2.05, 4.69) is 18.9 Å². The summed E-state index contributed by atoms with van der Waals surface area (Å²) in [7, 11) is 1.76. The van der Waals surface area contributed by atoms with E-state index >= 15 is 0 Å². The lowest BCUT2D eigenvalue weighted by Gasteiger charge is -2.08. The van der Waals surface area contributed by atoms with Crippen molar-refractivity contribution in [3.63, 3.8) is 0 Å². The maximum atomic E-state index is 14.2. The molecule has 0 atom stereocenters. The molecule has 0 fully saturated rings. The van der Waals surface area contributed by atoms with Gasteiger partial charge < -0.3 is 5.73 Å². The van der Waals surface area contributed by atoms with E-state index in [1.807, 2.05) is 0 Å². The number of hydrogen-bond acceptors (Lipinski definition) is 2. The zero-order valence-electron chi connectivity index (χ0n) is 11.2. The summed E-state index contributed by atoms with van der Waals surface area (Å²) in [5, 5.41) is 4.47. The standard InChI is InChI=1S/C14H17ClFN3/c1-8(2)7-11-12(14(17)19(3)18-11)9-5-4-6-10(15)13(9)16/h4-6,8H,7,17H2,1-3H3. The summed E-state index contributed by atoms with van der Waals surface area (Å²) < 4.78 is 15.7. The minimum absolute atomic E-state index is 0.0938. The van der Waals surface area contributed by atoms with Crippen molar-refractivity contribution in [3.8, 4) is 11.1 Å². The molecule has 1 aromatic carbocycles. The highest BCUT2D eigenvalue weighted by molar-refractivity contribution is 6.31. The molecular weight excluding hydrogens is 265 g/mol. The fourth-order valence-electron chi connectivity index (χ4n) is 2.11. The van der Waals surface area contributed by atoms with E-state index in [-0.39, 0.29) is 5.02 Å². The van der Waals surface area contributed by atoms with Crippen molar-refractivity contribution in [2.75, 3.05) is 5.73 Å². The first kappa shape index (κ1) is 13.9. The molecule has 19 heavy (non-hydrogen) atoms. The number of hydrogen-bond donors (Lipinski definition) is 1. The van der Waals surface area contributed by atoms with Crippen LogP contribution >= 0.6 is 11.6 Å². The van der Waals surface area contributed by atoms with Crippen LogP contribution < -0.4 is 5.73 Å². The van der Waals surface area contributed by atoms with Crippen LogP contribution in [0.1, 0.15) is 19.5 Å². The van der Waals surface area contributed by atoms with E-state index < -0.39 is 5.82 Å². The van der Waals surface area contributed by atoms with E-state index in [1.165, 1.54) is 6.07 Å². The fraction of sp³-hybridized carbons (Fsp3) is 0.357. The van der Waals surface area contributed by atoms with Gasteiger partial charge in [0.15, 0.2) is 0 Å². The lowest BCUT2D eigenvalue weighted by Crippen LogP contribution is -1.98. The fourth-order valence-corrected chi connectivity index (χ4v) is 2.29. The van der Waals surface area contributed by atoms with Crippen molar-refractivity contribution in [1.29, 1.82) is 0 Å². The highest BCUT2D eigenvalue weighted by Crippen LogP contribution is 2.34. The molecule has 0 saturated heterocycles. The number of halogens is 2. The molecule has 2 N–H and O–H groups in total. The third-order valence-corrected chi connectivity index (χ3v) is 3.28. The van der Waals surface area contributed by atoms with Crippen LogP contribution in [0.15, 0.2) is 18.2 Å². The van der Waals surface area contributed by atoms with Gasteiger partial charge in [0.25, 0.3) is 0 Å². The lowest BCUT2D eigenvalue weighted by atomic mass is 9.99. The van der Waals surface area contributed by atoms with E-state index in [0.717, 1.165) is 12.1 Å². The van der Waals surface area contributed by atoms with Gasteiger partial charge in [-0.25, -0.2) is 4.39 Å². The average Bonchev–Trinajstić information content (AvgIpc) is 2.58. The van der Waals surface area contributed by atoms with Gasteiger partial charge in [0, 0.05) is 18.2 Å². The molecule has 0 amide bonds. The summed E-state index contributed by atoms with van der Waals surface area (Å²) >= 11 is 5.84. The summed E-state index contributed by atoms with van der Waals surface area (Å²) in [6.07, 6.45) is 0.742. The number of rotatable bonds is 3. The molecular formula is C14H17ClFN3. The number of nitrogens with zero attached hydrogens (tertiary/aromatic N) is 2. The summed E-state index contributed by atoms with van der Waals surface area (Å²) in [4.78, 5) is 0. The largest absolute Gasteiger partial charge is 0.383 e. The predicted octanol–water partition coefficient (Wildman–Crippen LogP) is 3.66. The third-order valence-electron chi connectivity index (χ3n) is 2.99. The second-order valence-electron chi connectivity index (χ2n) is 5.03. The zero-order valence-corrected chi connectivity index (χ0v) is 12.0. The Hall–Kier alpha value is -1.55. The molecule has 0 unspecified atom stereocenters. The van der Waals surface area contributed by atoms with Crippen LogP contribution in [0.3, 0.4) is 0 Å². The number of aryl methyl sites for hydroxylation is 1. The van der Waals surface area contributed by atoms with Crippen LogP contribution in [0.4, 0.5) is 10.2 Å². The van der Waals surface area contributed by atoms with Crippen molar-refractivity contribution < 1.29 is 4.39 Å². The van der Waals surface area contributed by atoms with Gasteiger partial charge in [0.2, 0.25) is 0 Å². The zero-order chi connectivity index (χ0) is 14.2. The number of anilines is 1. The number of nitrogen functional groups attached to an aromatic ring is 1. The van der Waals surface area contributed by atoms with Crippen molar-refractivity contribution >= 4 is 17.4 Å². The van der Waals surface area contributed by atoms with Gasteiger partial charge in [-0.2, -0.15) is 5.10 Å². The van der Waals surface area contributed by atoms with Gasteiger partial charge in [0.1, 0.15) is 11.6 Å². The van der Waals surface area contributed by atoms with Gasteiger partial charge in [-0.3, -0.25) is 4.68 Å². The molecule has 3 nitrogen and oxygen atoms in total. The van der Waals surface area contributed by atoms with Crippen LogP contribution in [-0.2, 0) is 13.5 Å². The Morgan fingerprint density at radius 2 is 2.11 bits per heavy atom. The van der Waals surface area contributed by atoms with Crippen molar-refractivity contribution in [2.45, 2.75) is 20.3 Å². The normalized spacial score (nSPS) is 11.3. The molecule has 0 bridgehead atoms. The van der Waals surface area contributed by atoms with Crippen molar-refractivity contribution in [2.24, 2.45) is 13.0 Å². The lowest BCUT2D eigenvalue weighted by molar-refractivity contribution is 0.619. The number of benzene rings is 1. The van der Waals surface area contributed by atoms with Gasteiger partial charge in [0.05, 0.1) is 10.7 Å². The highest BCUT2D eigenvalue weighted by Gasteiger charge is 2.20. The SMILES string of the molecule is CC(C)Cc1nn(C)c(N)c1-c1cccc(Cl)c1F. The Balaban J connectivity index is 2.63. The molecule has 0 spiro atoms. The van der Waals surface area contributed by atoms with Gasteiger partial charge >= 0.3 is 0 Å². The molecule has 0 saturated carbocycles. The van der Waals surface area contributed by atoms with Gasteiger partial charge in [-0.15, -0.1) is 0 Å². The number of aromatic nitrogens is 2. The summed E-state index contributed by atoms with van der Waals surface area (Å²) in [5.41, 5.74) is 7.88. The van der Waals surface area contributed by atoms with E-state index in [9.17, 15) is 4.39 Å². The molecule has 0 aliphatic carbocycles. The van der Waals surface area contributed by atoms with Gasteiger partial charge in [-0.05, 0) is 18.4 Å². The number of nitrogens with two attached hydrogens (primary N) is 1. The topological polar surface area (TPSA) is 43.8 Å². The Kier molecular flexibility index (Phi) is 3.80. The minimum Gasteiger partial charge on any atom is -0.383 e. The van der Waals surface area contributed by atoms with E-state index in [1.54, 1.807) is 23.9 Å². The summed E-state index contributed by atoms with van der Waals surface area (Å²) in [6.45, 7) is 4.17. The maximum absolute atomic E-state index is 14.2. The van der Waals surface area contributed by atoms with Gasteiger partial charge in [-0.1, -0.05) is 37.6 Å². The highest BCUT2D eigenvalue weighted by atomic mass is 35.5. The first-order valence-corrected chi connectivity index (χ1v) is 6.55. The molecule has 0 aliphatic rings. The van der Waals surface area contributed by atoms with Crippen LogP contribution in [-0.4, -0.2) is 9.78 Å². The molecule has 0 aliphatic heterocycles. The summed E-state index contributed by atoms with van der Waals surface area (Å²) in [5.74, 6) is 0.418.